The van der Waals surface area contributed by atoms with Gasteiger partial charge in [-0.15, -0.1) is 0 Å². The molecule has 41 heavy (non-hydrogen) atoms. The van der Waals surface area contributed by atoms with Crippen LogP contribution in [0, 0.1) is 0 Å². The highest BCUT2D eigenvalue weighted by Gasteiger charge is 2.33. The molecule has 210 valence electrons. The van der Waals surface area contributed by atoms with E-state index in [1.165, 1.54) is 16.9 Å². The third-order valence-electron chi connectivity index (χ3n) is 6.93. The second-order valence-electron chi connectivity index (χ2n) is 10.1. The molecule has 1 aliphatic heterocycles. The van der Waals surface area contributed by atoms with E-state index in [1.54, 1.807) is 18.4 Å². The molecule has 0 bridgehead atoms. The van der Waals surface area contributed by atoms with E-state index in [4.69, 9.17) is 9.47 Å². The molecule has 0 aliphatic carbocycles. The lowest BCUT2D eigenvalue weighted by atomic mass is 9.93. The summed E-state index contributed by atoms with van der Waals surface area (Å²) in [5, 5.41) is 0. The standard InChI is InChI=1S/C33H31BrN2O4S/c1-5-39-32(38)29-21(4)35-33-36(30(29)25-12-10-24(11-13-25)20(2)3)31(37)28(41-33)18-22-8-16-27(17-9-22)40-19-23-6-14-26(34)15-7-23/h6-18,20,30H,5,19H2,1-4H3/b28-18-/t30-/m0/s1. The average Bonchev–Trinajstić information content (AvgIpc) is 3.26. The summed E-state index contributed by atoms with van der Waals surface area (Å²) in [5.74, 6) is 0.649. The van der Waals surface area contributed by atoms with E-state index in [2.05, 4.69) is 34.8 Å². The van der Waals surface area contributed by atoms with Crippen LogP contribution in [0.15, 0.2) is 98.3 Å². The first-order valence-electron chi connectivity index (χ1n) is 13.5. The number of rotatable bonds is 8. The topological polar surface area (TPSA) is 69.9 Å². The quantitative estimate of drug-likeness (QED) is 0.215. The van der Waals surface area contributed by atoms with Crippen LogP contribution in [0.4, 0.5) is 0 Å². The number of nitrogens with zero attached hydrogens (tertiary/aromatic N) is 2. The summed E-state index contributed by atoms with van der Waals surface area (Å²) in [5.41, 5.74) is 4.71. The molecule has 0 saturated heterocycles. The van der Waals surface area contributed by atoms with Gasteiger partial charge >= 0.3 is 5.97 Å². The summed E-state index contributed by atoms with van der Waals surface area (Å²) in [6, 6.07) is 23.1. The zero-order valence-electron chi connectivity index (χ0n) is 23.4. The van der Waals surface area contributed by atoms with Gasteiger partial charge in [-0.2, -0.15) is 0 Å². The number of esters is 1. The van der Waals surface area contributed by atoms with Crippen LogP contribution in [0.1, 0.15) is 61.9 Å². The second-order valence-corrected chi connectivity index (χ2v) is 12.0. The summed E-state index contributed by atoms with van der Waals surface area (Å²) in [4.78, 5) is 32.2. The Labute approximate surface area is 251 Å². The minimum Gasteiger partial charge on any atom is -0.489 e. The molecule has 6 nitrogen and oxygen atoms in total. The summed E-state index contributed by atoms with van der Waals surface area (Å²) in [6.45, 7) is 8.53. The molecule has 0 N–H and O–H groups in total. The van der Waals surface area contributed by atoms with Crippen molar-refractivity contribution in [3.05, 3.63) is 130 Å². The number of halogens is 1. The van der Waals surface area contributed by atoms with Gasteiger partial charge in [0.2, 0.25) is 0 Å². The number of ether oxygens (including phenoxy) is 2. The first-order valence-corrected chi connectivity index (χ1v) is 15.1. The van der Waals surface area contributed by atoms with Crippen LogP contribution in [0.25, 0.3) is 6.08 Å². The maximum Gasteiger partial charge on any atom is 0.338 e. The monoisotopic (exact) mass is 630 g/mol. The number of hydrogen-bond donors (Lipinski definition) is 0. The van der Waals surface area contributed by atoms with Crippen molar-refractivity contribution in [2.24, 2.45) is 4.99 Å². The largest absolute Gasteiger partial charge is 0.489 e. The first kappa shape index (κ1) is 28.8. The van der Waals surface area contributed by atoms with Crippen LogP contribution < -0.4 is 19.6 Å². The zero-order chi connectivity index (χ0) is 29.1. The van der Waals surface area contributed by atoms with E-state index in [1.807, 2.05) is 78.9 Å². The van der Waals surface area contributed by atoms with Gasteiger partial charge < -0.3 is 9.47 Å². The molecule has 1 atom stereocenters. The van der Waals surface area contributed by atoms with Crippen LogP contribution >= 0.6 is 27.3 Å². The Morgan fingerprint density at radius 1 is 1.05 bits per heavy atom. The predicted octanol–water partition coefficient (Wildman–Crippen LogP) is 6.26. The Hall–Kier alpha value is -3.75. The molecule has 2 heterocycles. The normalized spacial score (nSPS) is 15.1. The van der Waals surface area contributed by atoms with E-state index in [0.29, 0.717) is 33.1 Å². The van der Waals surface area contributed by atoms with Gasteiger partial charge in [0.25, 0.3) is 5.56 Å². The highest BCUT2D eigenvalue weighted by Crippen LogP contribution is 2.31. The fraction of sp³-hybridized carbons (Fsp3) is 0.242. The van der Waals surface area contributed by atoms with Crippen LogP contribution in [-0.2, 0) is 16.1 Å². The van der Waals surface area contributed by atoms with E-state index < -0.39 is 12.0 Å². The molecule has 8 heteroatoms. The molecule has 0 unspecified atom stereocenters. The van der Waals surface area contributed by atoms with E-state index in [0.717, 1.165) is 26.9 Å². The van der Waals surface area contributed by atoms with E-state index >= 15 is 0 Å². The molecule has 1 aromatic heterocycles. The van der Waals surface area contributed by atoms with Gasteiger partial charge in [-0.1, -0.05) is 89.6 Å². The van der Waals surface area contributed by atoms with Gasteiger partial charge in [-0.3, -0.25) is 9.36 Å². The van der Waals surface area contributed by atoms with E-state index in [-0.39, 0.29) is 12.2 Å². The van der Waals surface area contributed by atoms with Crippen molar-refractivity contribution in [1.29, 1.82) is 0 Å². The molecule has 0 amide bonds. The molecule has 0 radical (unpaired) electrons. The van der Waals surface area contributed by atoms with Crippen LogP contribution in [0.5, 0.6) is 5.75 Å². The SMILES string of the molecule is CCOC(=O)C1=C(C)N=c2s/c(=C\c3ccc(OCc4ccc(Br)cc4)cc3)c(=O)n2[C@H]1c1ccc(C(C)C)cc1. The number of carbonyl (C=O) groups is 1. The number of allylic oxidation sites excluding steroid dienone is 1. The van der Waals surface area contributed by atoms with Crippen molar-refractivity contribution in [1.82, 2.24) is 4.57 Å². The molecule has 0 spiro atoms. The van der Waals surface area contributed by atoms with Crippen molar-refractivity contribution >= 4 is 39.3 Å². The zero-order valence-corrected chi connectivity index (χ0v) is 25.8. The summed E-state index contributed by atoms with van der Waals surface area (Å²) in [7, 11) is 0. The van der Waals surface area contributed by atoms with Crippen molar-refractivity contribution in [2.75, 3.05) is 6.61 Å². The molecule has 5 rings (SSSR count). The lowest BCUT2D eigenvalue weighted by Crippen LogP contribution is -2.39. The number of carbonyl (C=O) groups excluding carboxylic acids is 1. The lowest BCUT2D eigenvalue weighted by molar-refractivity contribution is -0.139. The minimum atomic E-state index is -0.622. The highest BCUT2D eigenvalue weighted by molar-refractivity contribution is 9.10. The number of hydrogen-bond acceptors (Lipinski definition) is 6. The van der Waals surface area contributed by atoms with Gasteiger partial charge in [0, 0.05) is 4.47 Å². The van der Waals surface area contributed by atoms with Gasteiger partial charge in [-0.05, 0) is 72.4 Å². The van der Waals surface area contributed by atoms with Crippen molar-refractivity contribution in [2.45, 2.75) is 46.3 Å². The molecule has 1 aliphatic rings. The second kappa shape index (κ2) is 12.4. The van der Waals surface area contributed by atoms with E-state index in [9.17, 15) is 9.59 Å². The Balaban J connectivity index is 1.49. The molecular formula is C33H31BrN2O4S. The summed E-state index contributed by atoms with van der Waals surface area (Å²) in [6.07, 6.45) is 1.85. The van der Waals surface area contributed by atoms with Gasteiger partial charge in [0.1, 0.15) is 12.4 Å². The highest BCUT2D eigenvalue weighted by atomic mass is 79.9. The van der Waals surface area contributed by atoms with Gasteiger partial charge in [-0.25, -0.2) is 9.79 Å². The average molecular weight is 632 g/mol. The smallest absolute Gasteiger partial charge is 0.338 e. The molecule has 0 saturated carbocycles. The summed E-state index contributed by atoms with van der Waals surface area (Å²) >= 11 is 4.76. The fourth-order valence-corrected chi connectivity index (χ4v) is 6.04. The molecular weight excluding hydrogens is 600 g/mol. The Morgan fingerprint density at radius 3 is 2.37 bits per heavy atom. The maximum absolute atomic E-state index is 13.8. The minimum absolute atomic E-state index is 0.198. The van der Waals surface area contributed by atoms with Gasteiger partial charge in [0.05, 0.1) is 28.5 Å². The third kappa shape index (κ3) is 6.29. The Kier molecular flexibility index (Phi) is 8.71. The van der Waals surface area contributed by atoms with Crippen molar-refractivity contribution in [3.8, 4) is 5.75 Å². The number of thiazole rings is 1. The van der Waals surface area contributed by atoms with Crippen LogP contribution in [0.2, 0.25) is 0 Å². The maximum atomic E-state index is 13.8. The molecule has 3 aromatic carbocycles. The summed E-state index contributed by atoms with van der Waals surface area (Å²) < 4.78 is 14.5. The van der Waals surface area contributed by atoms with Gasteiger partial charge in [0.15, 0.2) is 4.80 Å². The number of fused-ring (bicyclic) bond motifs is 1. The lowest BCUT2D eigenvalue weighted by Gasteiger charge is -2.25. The fourth-order valence-electron chi connectivity index (χ4n) is 4.73. The number of aromatic nitrogens is 1. The van der Waals surface area contributed by atoms with Crippen molar-refractivity contribution in [3.63, 3.8) is 0 Å². The molecule has 0 fully saturated rings. The Bertz CT molecular complexity index is 1770. The van der Waals surface area contributed by atoms with Crippen molar-refractivity contribution < 1.29 is 14.3 Å². The third-order valence-corrected chi connectivity index (χ3v) is 8.44. The predicted molar refractivity (Wildman–Crippen MR) is 166 cm³/mol. The Morgan fingerprint density at radius 2 is 1.73 bits per heavy atom. The number of benzene rings is 3. The van der Waals surface area contributed by atoms with Crippen LogP contribution in [0.3, 0.4) is 0 Å². The molecule has 4 aromatic rings. The first-order chi connectivity index (χ1) is 19.7. The van der Waals surface area contributed by atoms with Crippen LogP contribution in [-0.4, -0.2) is 17.1 Å².